The van der Waals surface area contributed by atoms with Crippen LogP contribution in [0, 0.1) is 0 Å². The average molecular weight is 332 g/mol. The summed E-state index contributed by atoms with van der Waals surface area (Å²) in [7, 11) is 0. The Kier molecular flexibility index (Phi) is 4.40. The molecule has 132 valence electrons. The molecule has 1 aliphatic heterocycles. The van der Waals surface area contributed by atoms with Crippen LogP contribution in [0.3, 0.4) is 0 Å². The summed E-state index contributed by atoms with van der Waals surface area (Å²) >= 11 is 0. The van der Waals surface area contributed by atoms with Crippen molar-refractivity contribution in [1.82, 2.24) is 19.6 Å². The summed E-state index contributed by atoms with van der Waals surface area (Å²) in [6.07, 6.45) is 3.17. The van der Waals surface area contributed by atoms with E-state index in [9.17, 15) is 9.59 Å². The first kappa shape index (κ1) is 17.0. The van der Waals surface area contributed by atoms with Crippen LogP contribution in [0.15, 0.2) is 6.07 Å². The molecule has 0 N–H and O–H groups in total. The van der Waals surface area contributed by atoms with Gasteiger partial charge in [-0.05, 0) is 46.1 Å². The van der Waals surface area contributed by atoms with Crippen molar-refractivity contribution in [2.75, 3.05) is 26.2 Å². The van der Waals surface area contributed by atoms with E-state index in [1.807, 2.05) is 20.5 Å². The Hall–Kier alpha value is -1.85. The highest BCUT2D eigenvalue weighted by Crippen LogP contribution is 2.40. The summed E-state index contributed by atoms with van der Waals surface area (Å²) in [5, 5.41) is 4.73. The molecule has 1 aromatic heterocycles. The van der Waals surface area contributed by atoms with E-state index in [2.05, 4.69) is 20.8 Å². The minimum Gasteiger partial charge on any atom is -0.341 e. The first-order valence-corrected chi connectivity index (χ1v) is 8.92. The SMILES string of the molecule is CC(=O)N1CCCN(C(=O)c2cc(C3CC3)nn2C(C)(C)C)CC1. The topological polar surface area (TPSA) is 58.4 Å². The lowest BCUT2D eigenvalue weighted by atomic mass is 10.1. The van der Waals surface area contributed by atoms with Crippen LogP contribution in [0.4, 0.5) is 0 Å². The van der Waals surface area contributed by atoms with Crippen LogP contribution in [-0.2, 0) is 10.3 Å². The molecule has 1 aromatic rings. The molecule has 1 saturated heterocycles. The third-order valence-corrected chi connectivity index (χ3v) is 4.81. The number of carbonyl (C=O) groups is 2. The molecule has 0 atom stereocenters. The highest BCUT2D eigenvalue weighted by atomic mass is 16.2. The molecule has 2 heterocycles. The van der Waals surface area contributed by atoms with Crippen LogP contribution in [0.25, 0.3) is 0 Å². The lowest BCUT2D eigenvalue weighted by Crippen LogP contribution is -2.38. The van der Waals surface area contributed by atoms with Crippen molar-refractivity contribution in [3.05, 3.63) is 17.5 Å². The highest BCUT2D eigenvalue weighted by Gasteiger charge is 2.33. The molecule has 0 bridgehead atoms. The second-order valence-corrected chi connectivity index (χ2v) is 7.96. The molecule has 6 nitrogen and oxygen atoms in total. The molecule has 0 radical (unpaired) electrons. The van der Waals surface area contributed by atoms with Gasteiger partial charge in [0.15, 0.2) is 0 Å². The Bertz CT molecular complexity index is 640. The maximum Gasteiger partial charge on any atom is 0.272 e. The average Bonchev–Trinajstić information content (AvgIpc) is 3.28. The van der Waals surface area contributed by atoms with Crippen molar-refractivity contribution in [2.45, 2.75) is 58.4 Å². The third kappa shape index (κ3) is 3.47. The van der Waals surface area contributed by atoms with Gasteiger partial charge in [0.1, 0.15) is 5.69 Å². The molecule has 3 rings (SSSR count). The predicted molar refractivity (Wildman–Crippen MR) is 92.0 cm³/mol. The van der Waals surface area contributed by atoms with Gasteiger partial charge in [-0.2, -0.15) is 5.10 Å². The molecule has 6 heteroatoms. The van der Waals surface area contributed by atoms with Crippen molar-refractivity contribution < 1.29 is 9.59 Å². The number of nitrogens with zero attached hydrogens (tertiary/aromatic N) is 4. The monoisotopic (exact) mass is 332 g/mol. The van der Waals surface area contributed by atoms with Crippen LogP contribution in [0.1, 0.15) is 69.1 Å². The van der Waals surface area contributed by atoms with E-state index in [0.717, 1.165) is 18.7 Å². The van der Waals surface area contributed by atoms with Crippen molar-refractivity contribution in [2.24, 2.45) is 0 Å². The molecule has 2 amide bonds. The van der Waals surface area contributed by atoms with Gasteiger partial charge in [-0.25, -0.2) is 0 Å². The van der Waals surface area contributed by atoms with E-state index in [0.29, 0.717) is 31.2 Å². The van der Waals surface area contributed by atoms with Gasteiger partial charge in [-0.3, -0.25) is 14.3 Å². The number of hydrogen-bond donors (Lipinski definition) is 0. The zero-order chi connectivity index (χ0) is 17.5. The van der Waals surface area contributed by atoms with Gasteiger partial charge < -0.3 is 9.80 Å². The standard InChI is InChI=1S/C18H28N4O2/c1-13(23)20-8-5-9-21(11-10-20)17(24)16-12-15(14-6-7-14)19-22(16)18(2,3)4/h12,14H,5-11H2,1-4H3. The largest absolute Gasteiger partial charge is 0.341 e. The Balaban J connectivity index is 1.82. The van der Waals surface area contributed by atoms with Gasteiger partial charge in [-0.1, -0.05) is 0 Å². The highest BCUT2D eigenvalue weighted by molar-refractivity contribution is 5.93. The molecule has 1 aliphatic carbocycles. The zero-order valence-corrected chi connectivity index (χ0v) is 15.2. The first-order valence-electron chi connectivity index (χ1n) is 8.92. The Morgan fingerprint density at radius 3 is 2.29 bits per heavy atom. The van der Waals surface area contributed by atoms with E-state index in [1.165, 1.54) is 12.8 Å². The number of aromatic nitrogens is 2. The molecule has 24 heavy (non-hydrogen) atoms. The van der Waals surface area contributed by atoms with Crippen molar-refractivity contribution in [3.63, 3.8) is 0 Å². The van der Waals surface area contributed by atoms with E-state index < -0.39 is 0 Å². The fourth-order valence-corrected chi connectivity index (χ4v) is 3.24. The van der Waals surface area contributed by atoms with Gasteiger partial charge in [0.05, 0.1) is 11.2 Å². The molecule has 0 aromatic carbocycles. The second kappa shape index (κ2) is 6.22. The van der Waals surface area contributed by atoms with Gasteiger partial charge in [0.25, 0.3) is 5.91 Å². The van der Waals surface area contributed by atoms with Crippen LogP contribution in [0.2, 0.25) is 0 Å². The Labute approximate surface area is 143 Å². The summed E-state index contributed by atoms with van der Waals surface area (Å²) in [6, 6.07) is 1.99. The van der Waals surface area contributed by atoms with Gasteiger partial charge >= 0.3 is 0 Å². The summed E-state index contributed by atoms with van der Waals surface area (Å²) in [6.45, 7) is 10.4. The van der Waals surface area contributed by atoms with E-state index >= 15 is 0 Å². The predicted octanol–water partition coefficient (Wildman–Crippen LogP) is 2.21. The molecular weight excluding hydrogens is 304 g/mol. The van der Waals surface area contributed by atoms with Gasteiger partial charge in [0, 0.05) is 39.0 Å². The summed E-state index contributed by atoms with van der Waals surface area (Å²) < 4.78 is 1.89. The fourth-order valence-electron chi connectivity index (χ4n) is 3.24. The van der Waals surface area contributed by atoms with Crippen molar-refractivity contribution >= 4 is 11.8 Å². The lowest BCUT2D eigenvalue weighted by Gasteiger charge is -2.26. The fraction of sp³-hybridized carbons (Fsp3) is 0.722. The first-order chi connectivity index (χ1) is 11.3. The quantitative estimate of drug-likeness (QED) is 0.834. The van der Waals surface area contributed by atoms with Gasteiger partial charge in [-0.15, -0.1) is 0 Å². The Morgan fingerprint density at radius 1 is 1.08 bits per heavy atom. The van der Waals surface area contributed by atoms with Gasteiger partial charge in [0.2, 0.25) is 5.91 Å². The maximum atomic E-state index is 13.1. The lowest BCUT2D eigenvalue weighted by molar-refractivity contribution is -0.128. The normalized spacial score (nSPS) is 19.3. The number of hydrogen-bond acceptors (Lipinski definition) is 3. The van der Waals surface area contributed by atoms with E-state index in [1.54, 1.807) is 6.92 Å². The number of carbonyl (C=O) groups excluding carboxylic acids is 2. The van der Waals surface area contributed by atoms with Crippen molar-refractivity contribution in [3.8, 4) is 0 Å². The minimum absolute atomic E-state index is 0.0368. The summed E-state index contributed by atoms with van der Waals surface area (Å²) in [5.74, 6) is 0.646. The number of rotatable bonds is 2. The molecular formula is C18H28N4O2. The Morgan fingerprint density at radius 2 is 1.71 bits per heavy atom. The van der Waals surface area contributed by atoms with Crippen LogP contribution >= 0.6 is 0 Å². The molecule has 0 spiro atoms. The minimum atomic E-state index is -0.227. The smallest absolute Gasteiger partial charge is 0.272 e. The molecule has 2 fully saturated rings. The molecule has 0 unspecified atom stereocenters. The number of amides is 2. The van der Waals surface area contributed by atoms with Crippen molar-refractivity contribution in [1.29, 1.82) is 0 Å². The molecule has 2 aliphatic rings. The second-order valence-electron chi connectivity index (χ2n) is 7.96. The van der Waals surface area contributed by atoms with Crippen LogP contribution in [0.5, 0.6) is 0 Å². The molecule has 1 saturated carbocycles. The van der Waals surface area contributed by atoms with Crippen LogP contribution in [-0.4, -0.2) is 57.6 Å². The van der Waals surface area contributed by atoms with Crippen LogP contribution < -0.4 is 0 Å². The summed E-state index contributed by atoms with van der Waals surface area (Å²) in [4.78, 5) is 28.4. The summed E-state index contributed by atoms with van der Waals surface area (Å²) in [5.41, 5.74) is 1.50. The maximum absolute atomic E-state index is 13.1. The van der Waals surface area contributed by atoms with E-state index in [4.69, 9.17) is 5.10 Å². The van der Waals surface area contributed by atoms with E-state index in [-0.39, 0.29) is 17.4 Å². The zero-order valence-electron chi connectivity index (χ0n) is 15.2. The third-order valence-electron chi connectivity index (χ3n) is 4.81.